The second kappa shape index (κ2) is 4.91. The van der Waals surface area contributed by atoms with Crippen molar-refractivity contribution in [2.24, 2.45) is 7.05 Å². The van der Waals surface area contributed by atoms with Gasteiger partial charge in [0, 0.05) is 50.7 Å². The predicted octanol–water partition coefficient (Wildman–Crippen LogP) is 4.66. The van der Waals surface area contributed by atoms with Gasteiger partial charge in [0.2, 0.25) is 0 Å². The Morgan fingerprint density at radius 3 is 2.50 bits per heavy atom. The van der Waals surface area contributed by atoms with Gasteiger partial charge in [0.05, 0.1) is 5.52 Å². The molecule has 1 nitrogen and oxygen atoms in total. The second-order valence-electron chi connectivity index (χ2n) is 5.09. The topological polar surface area (TPSA) is 4.93 Å². The van der Waals surface area contributed by atoms with Crippen molar-refractivity contribution in [3.63, 3.8) is 0 Å². The van der Waals surface area contributed by atoms with E-state index in [0.717, 1.165) is 5.56 Å². The minimum absolute atomic E-state index is 0. The number of hydrogen-bond donors (Lipinski definition) is 0. The summed E-state index contributed by atoms with van der Waals surface area (Å²) in [6.07, 6.45) is 0. The van der Waals surface area contributed by atoms with Gasteiger partial charge in [0.1, 0.15) is 0 Å². The Hall–Kier alpha value is -1.31. The molecule has 0 spiro atoms. The van der Waals surface area contributed by atoms with E-state index in [2.05, 4.69) is 73.1 Å². The van der Waals surface area contributed by atoms with Crippen LogP contribution in [0.3, 0.4) is 0 Å². The van der Waals surface area contributed by atoms with Crippen LogP contribution in [0.4, 0.5) is 0 Å². The molecular formula is C18H14NY-. The molecule has 0 saturated carbocycles. The van der Waals surface area contributed by atoms with Gasteiger partial charge in [-0.3, -0.25) is 0 Å². The third-order valence-electron chi connectivity index (χ3n) is 3.95. The van der Waals surface area contributed by atoms with Crippen LogP contribution < -0.4 is 0 Å². The summed E-state index contributed by atoms with van der Waals surface area (Å²) in [6.45, 7) is 4.04. The molecule has 0 fully saturated rings. The molecule has 4 rings (SSSR count). The van der Waals surface area contributed by atoms with Crippen LogP contribution in [0.2, 0.25) is 0 Å². The van der Waals surface area contributed by atoms with E-state index in [1.54, 1.807) is 0 Å². The van der Waals surface area contributed by atoms with Crippen LogP contribution in [0.15, 0.2) is 54.6 Å². The molecule has 1 aromatic heterocycles. The maximum Gasteiger partial charge on any atom is 0.0557 e. The number of hydrogen-bond acceptors (Lipinski definition) is 0. The van der Waals surface area contributed by atoms with Crippen molar-refractivity contribution in [1.82, 2.24) is 4.57 Å². The van der Waals surface area contributed by atoms with Crippen LogP contribution >= 0.6 is 0 Å². The Morgan fingerprint density at radius 2 is 1.65 bits per heavy atom. The molecule has 2 heteroatoms. The summed E-state index contributed by atoms with van der Waals surface area (Å²) in [5.41, 5.74) is 3.63. The summed E-state index contributed by atoms with van der Waals surface area (Å²) in [6, 6.07) is 19.4. The number of nitrogens with zero attached hydrogens (tertiary/aromatic N) is 1. The first-order valence-corrected chi connectivity index (χ1v) is 6.47. The predicted molar refractivity (Wildman–Crippen MR) is 82.4 cm³/mol. The van der Waals surface area contributed by atoms with Crippen molar-refractivity contribution < 1.29 is 32.7 Å². The Labute approximate surface area is 143 Å². The molecule has 0 atom stereocenters. The quantitative estimate of drug-likeness (QED) is 0.412. The maximum atomic E-state index is 4.04. The van der Waals surface area contributed by atoms with Gasteiger partial charge in [0.25, 0.3) is 0 Å². The molecule has 0 aliphatic heterocycles. The fraction of sp³-hybridized carbons (Fsp3) is 0.0556. The van der Waals surface area contributed by atoms with Crippen molar-refractivity contribution >= 4 is 32.6 Å². The molecule has 0 N–H and O–H groups in total. The molecule has 0 bridgehead atoms. The molecule has 3 aromatic carbocycles. The monoisotopic (exact) mass is 333 g/mol. The van der Waals surface area contributed by atoms with Crippen LogP contribution in [0.5, 0.6) is 0 Å². The van der Waals surface area contributed by atoms with Crippen molar-refractivity contribution in [3.8, 4) is 0 Å². The van der Waals surface area contributed by atoms with Crippen molar-refractivity contribution in [3.05, 3.63) is 67.1 Å². The van der Waals surface area contributed by atoms with Gasteiger partial charge < -0.3 is 4.57 Å². The number of rotatable bonds is 0. The van der Waals surface area contributed by atoms with Gasteiger partial charge in [-0.15, -0.1) is 0 Å². The van der Waals surface area contributed by atoms with Gasteiger partial charge in [-0.2, -0.15) is 24.6 Å². The standard InChI is InChI=1S/C18H14N.Y/c1-12-7-10-17-16(11-12)15-9-8-13-5-3-4-6-14(13)18(15)19(17)2;/h3-11H,1H2,2H3;/q-1;. The molecule has 20 heavy (non-hydrogen) atoms. The third-order valence-corrected chi connectivity index (χ3v) is 3.95. The minimum atomic E-state index is 0. The molecule has 0 amide bonds. The second-order valence-corrected chi connectivity index (χ2v) is 5.09. The number of aromatic nitrogens is 1. The molecule has 4 aromatic rings. The summed E-state index contributed by atoms with van der Waals surface area (Å²) in [7, 11) is 2.14. The van der Waals surface area contributed by atoms with Crippen LogP contribution in [0, 0.1) is 6.92 Å². The third kappa shape index (κ3) is 1.81. The zero-order chi connectivity index (χ0) is 13.0. The molecule has 0 saturated heterocycles. The Kier molecular flexibility index (Phi) is 3.35. The first kappa shape index (κ1) is 13.7. The van der Waals surface area contributed by atoms with E-state index in [1.165, 1.54) is 32.6 Å². The summed E-state index contributed by atoms with van der Waals surface area (Å²) in [5, 5.41) is 5.19. The van der Waals surface area contributed by atoms with Gasteiger partial charge in [-0.25, -0.2) is 0 Å². The number of aryl methyl sites for hydroxylation is 1. The van der Waals surface area contributed by atoms with Gasteiger partial charge >= 0.3 is 0 Å². The number of fused-ring (bicyclic) bond motifs is 5. The molecule has 1 heterocycles. The van der Waals surface area contributed by atoms with E-state index in [0.29, 0.717) is 0 Å². The fourth-order valence-electron chi connectivity index (χ4n) is 3.05. The Morgan fingerprint density at radius 1 is 0.850 bits per heavy atom. The zero-order valence-corrected chi connectivity index (χ0v) is 14.3. The molecular weight excluding hydrogens is 319 g/mol. The molecule has 1 radical (unpaired) electrons. The van der Waals surface area contributed by atoms with Gasteiger partial charge in [0.15, 0.2) is 0 Å². The Balaban J connectivity index is 0.00000121. The van der Waals surface area contributed by atoms with E-state index in [1.807, 2.05) is 0 Å². The first-order chi connectivity index (χ1) is 9.25. The summed E-state index contributed by atoms with van der Waals surface area (Å²) in [5.74, 6) is 0. The van der Waals surface area contributed by atoms with Crippen molar-refractivity contribution in [1.29, 1.82) is 0 Å². The van der Waals surface area contributed by atoms with Crippen LogP contribution in [0.25, 0.3) is 32.6 Å². The fourth-order valence-corrected chi connectivity index (χ4v) is 3.05. The average Bonchev–Trinajstić information content (AvgIpc) is 2.72. The van der Waals surface area contributed by atoms with E-state index >= 15 is 0 Å². The van der Waals surface area contributed by atoms with Crippen molar-refractivity contribution in [2.45, 2.75) is 0 Å². The SMILES string of the molecule is [CH2-]c1ccc2c(c1)c1ccc3ccccc3c1n2C.[Y]. The molecule has 0 aliphatic carbocycles. The van der Waals surface area contributed by atoms with Gasteiger partial charge in [-0.1, -0.05) is 42.5 Å². The molecule has 0 unspecified atom stereocenters. The number of benzene rings is 3. The zero-order valence-electron chi connectivity index (χ0n) is 11.4. The Bertz CT molecular complexity index is 934. The summed E-state index contributed by atoms with van der Waals surface area (Å²) in [4.78, 5) is 0. The van der Waals surface area contributed by atoms with E-state index in [4.69, 9.17) is 0 Å². The van der Waals surface area contributed by atoms with E-state index in [-0.39, 0.29) is 32.7 Å². The van der Waals surface area contributed by atoms with Crippen molar-refractivity contribution in [2.75, 3.05) is 0 Å². The van der Waals surface area contributed by atoms with Crippen LogP contribution in [0.1, 0.15) is 5.56 Å². The summed E-state index contributed by atoms with van der Waals surface area (Å²) >= 11 is 0. The minimum Gasteiger partial charge on any atom is -0.345 e. The van der Waals surface area contributed by atoms with E-state index in [9.17, 15) is 0 Å². The maximum absolute atomic E-state index is 4.04. The molecule has 0 aliphatic rings. The normalized spacial score (nSPS) is 11.1. The average molecular weight is 333 g/mol. The van der Waals surface area contributed by atoms with Crippen LogP contribution in [-0.2, 0) is 39.8 Å². The first-order valence-electron chi connectivity index (χ1n) is 6.47. The van der Waals surface area contributed by atoms with Gasteiger partial charge in [-0.05, 0) is 16.2 Å². The smallest absolute Gasteiger partial charge is 0.0557 e. The van der Waals surface area contributed by atoms with E-state index < -0.39 is 0 Å². The molecule has 95 valence electrons. The summed E-state index contributed by atoms with van der Waals surface area (Å²) < 4.78 is 2.28. The largest absolute Gasteiger partial charge is 0.345 e. The van der Waals surface area contributed by atoms with Crippen LogP contribution in [-0.4, -0.2) is 4.57 Å².